The van der Waals surface area contributed by atoms with Crippen molar-refractivity contribution < 1.29 is 14.7 Å². The summed E-state index contributed by atoms with van der Waals surface area (Å²) in [5, 5.41) is 20.4. The van der Waals surface area contributed by atoms with Crippen LogP contribution in [0.5, 0.6) is 0 Å². The van der Waals surface area contributed by atoms with Gasteiger partial charge in [0, 0.05) is 11.7 Å². The number of nitrogens with zero attached hydrogens (tertiary/aromatic N) is 1. The molecule has 0 bridgehead atoms. The third-order valence-corrected chi connectivity index (χ3v) is 6.24. The van der Waals surface area contributed by atoms with E-state index >= 15 is 0 Å². The zero-order valence-corrected chi connectivity index (χ0v) is 15.8. The summed E-state index contributed by atoms with van der Waals surface area (Å²) in [5.74, 6) is -1.72. The lowest BCUT2D eigenvalue weighted by Gasteiger charge is -2.37. The molecule has 0 radical (unpaired) electrons. The number of carboxylic acid groups (broad SMARTS) is 1. The van der Waals surface area contributed by atoms with Crippen molar-refractivity contribution in [2.24, 2.45) is 5.92 Å². The SMILES string of the molecule is N#CC1C(SCc2cccc(C(=O)O)c2)NC(=O)C(Cl)C1c1ccccc1. The van der Waals surface area contributed by atoms with Gasteiger partial charge in [0.15, 0.2) is 0 Å². The average molecular weight is 401 g/mol. The van der Waals surface area contributed by atoms with Gasteiger partial charge in [-0.05, 0) is 23.3 Å². The van der Waals surface area contributed by atoms with Gasteiger partial charge in [-0.15, -0.1) is 23.4 Å². The maximum atomic E-state index is 12.4. The number of alkyl halides is 1. The number of amides is 1. The summed E-state index contributed by atoms with van der Waals surface area (Å²) in [4.78, 5) is 23.5. The molecule has 0 aliphatic carbocycles. The number of carbonyl (C=O) groups excluding carboxylic acids is 1. The van der Waals surface area contributed by atoms with Gasteiger partial charge in [-0.2, -0.15) is 5.26 Å². The first-order chi connectivity index (χ1) is 13.0. The first-order valence-corrected chi connectivity index (χ1v) is 9.82. The van der Waals surface area contributed by atoms with Gasteiger partial charge in [0.2, 0.25) is 5.91 Å². The Kier molecular flexibility index (Phi) is 6.04. The van der Waals surface area contributed by atoms with Crippen molar-refractivity contribution in [3.05, 3.63) is 71.3 Å². The summed E-state index contributed by atoms with van der Waals surface area (Å²) in [5.41, 5.74) is 1.88. The maximum absolute atomic E-state index is 12.4. The molecule has 7 heteroatoms. The molecule has 5 nitrogen and oxygen atoms in total. The minimum Gasteiger partial charge on any atom is -0.478 e. The Bertz CT molecular complexity index is 884. The molecular weight excluding hydrogens is 384 g/mol. The molecule has 4 unspecified atom stereocenters. The van der Waals surface area contributed by atoms with Crippen LogP contribution in [-0.4, -0.2) is 27.7 Å². The van der Waals surface area contributed by atoms with E-state index in [9.17, 15) is 14.9 Å². The number of rotatable bonds is 5. The minimum atomic E-state index is -0.989. The number of nitrogens with one attached hydrogen (secondary N) is 1. The predicted octanol–water partition coefficient (Wildman–Crippen LogP) is 3.60. The highest BCUT2D eigenvalue weighted by Gasteiger charge is 2.44. The van der Waals surface area contributed by atoms with Crippen molar-refractivity contribution in [1.82, 2.24) is 5.32 Å². The first-order valence-electron chi connectivity index (χ1n) is 8.34. The summed E-state index contributed by atoms with van der Waals surface area (Å²) in [6, 6.07) is 18.3. The molecule has 4 atom stereocenters. The van der Waals surface area contributed by atoms with Crippen LogP contribution < -0.4 is 5.32 Å². The largest absolute Gasteiger partial charge is 0.478 e. The molecular formula is C20H17ClN2O3S. The number of benzene rings is 2. The van der Waals surface area contributed by atoms with Crippen LogP contribution in [0, 0.1) is 17.2 Å². The molecule has 1 saturated heterocycles. The van der Waals surface area contributed by atoms with Crippen LogP contribution in [0.15, 0.2) is 54.6 Å². The molecule has 0 saturated carbocycles. The van der Waals surface area contributed by atoms with E-state index in [0.29, 0.717) is 5.75 Å². The lowest BCUT2D eigenvalue weighted by molar-refractivity contribution is -0.123. The zero-order chi connectivity index (χ0) is 19.4. The summed E-state index contributed by atoms with van der Waals surface area (Å²) in [6.07, 6.45) is 0. The monoisotopic (exact) mass is 400 g/mol. The van der Waals surface area contributed by atoms with Gasteiger partial charge in [-0.3, -0.25) is 4.79 Å². The topological polar surface area (TPSA) is 90.2 Å². The fourth-order valence-electron chi connectivity index (χ4n) is 3.17. The van der Waals surface area contributed by atoms with Gasteiger partial charge in [-0.1, -0.05) is 42.5 Å². The second kappa shape index (κ2) is 8.47. The normalized spacial score (nSPS) is 24.7. The highest BCUT2D eigenvalue weighted by atomic mass is 35.5. The van der Waals surface area contributed by atoms with Gasteiger partial charge in [0.25, 0.3) is 0 Å². The van der Waals surface area contributed by atoms with E-state index in [0.717, 1.165) is 11.1 Å². The third-order valence-electron chi connectivity index (χ3n) is 4.50. The second-order valence-corrected chi connectivity index (χ2v) is 7.84. The quantitative estimate of drug-likeness (QED) is 0.748. The van der Waals surface area contributed by atoms with Crippen LogP contribution >= 0.6 is 23.4 Å². The van der Waals surface area contributed by atoms with Gasteiger partial charge >= 0.3 is 5.97 Å². The Labute approximate surface area is 166 Å². The highest BCUT2D eigenvalue weighted by molar-refractivity contribution is 7.99. The Morgan fingerprint density at radius 3 is 2.63 bits per heavy atom. The number of carboxylic acids is 1. The van der Waals surface area contributed by atoms with Crippen molar-refractivity contribution in [1.29, 1.82) is 5.26 Å². The van der Waals surface area contributed by atoms with Gasteiger partial charge < -0.3 is 10.4 Å². The molecule has 3 rings (SSSR count). The standard InChI is InChI=1S/C20H17ClN2O3S/c21-17-16(13-6-2-1-3-7-13)15(10-22)19(23-18(17)24)27-11-12-5-4-8-14(9-12)20(25)26/h1-9,15-17,19H,11H2,(H,23,24)(H,25,26). The van der Waals surface area contributed by atoms with E-state index in [1.165, 1.54) is 17.8 Å². The summed E-state index contributed by atoms with van der Waals surface area (Å²) < 4.78 is 0. The number of hydrogen-bond donors (Lipinski definition) is 2. The predicted molar refractivity (Wildman–Crippen MR) is 105 cm³/mol. The van der Waals surface area contributed by atoms with Crippen molar-refractivity contribution >= 4 is 35.2 Å². The van der Waals surface area contributed by atoms with Gasteiger partial charge in [-0.25, -0.2) is 4.79 Å². The second-order valence-electron chi connectivity index (χ2n) is 6.24. The minimum absolute atomic E-state index is 0.209. The first kappa shape index (κ1) is 19.3. The van der Waals surface area contributed by atoms with Crippen LogP contribution in [0.3, 0.4) is 0 Å². The van der Waals surface area contributed by atoms with Crippen LogP contribution in [0.25, 0.3) is 0 Å². The average Bonchev–Trinajstić information content (AvgIpc) is 2.69. The molecule has 0 spiro atoms. The lowest BCUT2D eigenvalue weighted by atomic mass is 9.81. The number of aromatic carboxylic acids is 1. The Hall–Kier alpha value is -2.49. The molecule has 1 aliphatic rings. The van der Waals surface area contributed by atoms with Crippen molar-refractivity contribution in [3.63, 3.8) is 0 Å². The fraction of sp³-hybridized carbons (Fsp3) is 0.250. The number of hydrogen-bond acceptors (Lipinski definition) is 4. The Morgan fingerprint density at radius 2 is 1.96 bits per heavy atom. The molecule has 2 aromatic carbocycles. The van der Waals surface area contributed by atoms with Crippen molar-refractivity contribution in [2.75, 3.05) is 0 Å². The van der Waals surface area contributed by atoms with Crippen LogP contribution in [0.1, 0.15) is 27.4 Å². The van der Waals surface area contributed by atoms with E-state index < -0.39 is 28.6 Å². The highest BCUT2D eigenvalue weighted by Crippen LogP contribution is 2.40. The Morgan fingerprint density at radius 1 is 1.22 bits per heavy atom. The fourth-order valence-corrected chi connectivity index (χ4v) is 4.72. The molecule has 0 aromatic heterocycles. The lowest BCUT2D eigenvalue weighted by Crippen LogP contribution is -2.52. The third kappa shape index (κ3) is 4.26. The van der Waals surface area contributed by atoms with E-state index in [1.54, 1.807) is 12.1 Å². The summed E-state index contributed by atoms with van der Waals surface area (Å²) in [7, 11) is 0. The molecule has 2 aromatic rings. The van der Waals surface area contributed by atoms with Gasteiger partial charge in [0.05, 0.1) is 22.9 Å². The number of carbonyl (C=O) groups is 2. The van der Waals surface area contributed by atoms with E-state index in [-0.39, 0.29) is 11.5 Å². The molecule has 138 valence electrons. The van der Waals surface area contributed by atoms with E-state index in [4.69, 9.17) is 16.7 Å². The number of halogens is 1. The molecule has 1 fully saturated rings. The van der Waals surface area contributed by atoms with E-state index in [2.05, 4.69) is 11.4 Å². The van der Waals surface area contributed by atoms with Gasteiger partial charge in [0.1, 0.15) is 5.38 Å². The number of nitriles is 1. The molecule has 27 heavy (non-hydrogen) atoms. The van der Waals surface area contributed by atoms with Crippen molar-refractivity contribution in [3.8, 4) is 6.07 Å². The maximum Gasteiger partial charge on any atom is 0.335 e. The number of piperidine rings is 1. The van der Waals surface area contributed by atoms with Crippen LogP contribution in [0.2, 0.25) is 0 Å². The Balaban J connectivity index is 1.80. The van der Waals surface area contributed by atoms with E-state index in [1.807, 2.05) is 36.4 Å². The van der Waals surface area contributed by atoms with Crippen molar-refractivity contribution in [2.45, 2.75) is 22.4 Å². The zero-order valence-electron chi connectivity index (χ0n) is 14.2. The number of thioether (sulfide) groups is 1. The molecule has 1 amide bonds. The van der Waals surface area contributed by atoms with Crippen LogP contribution in [-0.2, 0) is 10.5 Å². The van der Waals surface area contributed by atoms with Crippen LogP contribution in [0.4, 0.5) is 0 Å². The molecule has 1 aliphatic heterocycles. The smallest absolute Gasteiger partial charge is 0.335 e. The molecule has 1 heterocycles. The summed E-state index contributed by atoms with van der Waals surface area (Å²) >= 11 is 7.74. The summed E-state index contributed by atoms with van der Waals surface area (Å²) in [6.45, 7) is 0. The molecule has 2 N–H and O–H groups in total.